The zero-order valence-electron chi connectivity index (χ0n) is 16.6. The minimum Gasteiger partial charge on any atom is -0.452 e. The number of nitro groups is 1. The van der Waals surface area contributed by atoms with Crippen LogP contribution in [0.2, 0.25) is 0 Å². The van der Waals surface area contributed by atoms with Crippen molar-refractivity contribution in [2.75, 3.05) is 30.8 Å². The highest BCUT2D eigenvalue weighted by Crippen LogP contribution is 2.24. The molecule has 162 valence electrons. The lowest BCUT2D eigenvalue weighted by Crippen LogP contribution is -2.29. The molecule has 0 atom stereocenters. The van der Waals surface area contributed by atoms with Crippen LogP contribution in [-0.4, -0.2) is 53.1 Å². The topological polar surface area (TPSA) is 119 Å². The van der Waals surface area contributed by atoms with Gasteiger partial charge in [0, 0.05) is 35.8 Å². The van der Waals surface area contributed by atoms with Crippen LogP contribution in [0.3, 0.4) is 0 Å². The Morgan fingerprint density at radius 2 is 1.74 bits per heavy atom. The second-order valence-electron chi connectivity index (χ2n) is 6.80. The summed E-state index contributed by atoms with van der Waals surface area (Å²) in [6, 6.07) is 12.1. The Hall–Kier alpha value is -3.40. The Kier molecular flexibility index (Phi) is 7.60. The lowest BCUT2D eigenvalue weighted by Gasteiger charge is -2.15. The Morgan fingerprint density at radius 3 is 2.42 bits per heavy atom. The second kappa shape index (κ2) is 10.6. The van der Waals surface area contributed by atoms with Crippen molar-refractivity contribution in [2.45, 2.75) is 17.7 Å². The number of nitrogens with zero attached hydrogens (tertiary/aromatic N) is 2. The van der Waals surface area contributed by atoms with E-state index >= 15 is 0 Å². The first kappa shape index (κ1) is 22.3. The number of carbonyl (C=O) groups excluding carboxylic acids is 3. The largest absolute Gasteiger partial charge is 0.452 e. The minimum atomic E-state index is -0.671. The number of rotatable bonds is 8. The van der Waals surface area contributed by atoms with Crippen molar-refractivity contribution in [3.63, 3.8) is 0 Å². The highest BCUT2D eigenvalue weighted by molar-refractivity contribution is 8.00. The van der Waals surface area contributed by atoms with Gasteiger partial charge in [-0.15, -0.1) is 11.8 Å². The van der Waals surface area contributed by atoms with Crippen LogP contribution in [0.5, 0.6) is 0 Å². The van der Waals surface area contributed by atoms with Crippen LogP contribution in [0.15, 0.2) is 53.4 Å². The number of nitro benzene ring substituents is 1. The summed E-state index contributed by atoms with van der Waals surface area (Å²) in [5.41, 5.74) is 0.537. The number of nitrogens with one attached hydrogen (secondary N) is 1. The summed E-state index contributed by atoms with van der Waals surface area (Å²) in [6.07, 6.45) is 2.03. The van der Waals surface area contributed by atoms with Crippen molar-refractivity contribution in [1.29, 1.82) is 0 Å². The number of hydrogen-bond acceptors (Lipinski definition) is 7. The monoisotopic (exact) mass is 443 g/mol. The molecular formula is C21H21N3O6S. The van der Waals surface area contributed by atoms with Gasteiger partial charge >= 0.3 is 5.97 Å². The maximum absolute atomic E-state index is 12.5. The molecule has 0 radical (unpaired) electrons. The van der Waals surface area contributed by atoms with Gasteiger partial charge in [0.05, 0.1) is 16.2 Å². The zero-order chi connectivity index (χ0) is 22.2. The summed E-state index contributed by atoms with van der Waals surface area (Å²) >= 11 is 1.26. The highest BCUT2D eigenvalue weighted by Gasteiger charge is 2.20. The molecule has 0 bridgehead atoms. The van der Waals surface area contributed by atoms with Gasteiger partial charge in [-0.3, -0.25) is 19.7 Å². The molecule has 1 aliphatic rings. The van der Waals surface area contributed by atoms with Gasteiger partial charge in [-0.2, -0.15) is 0 Å². The molecule has 9 nitrogen and oxygen atoms in total. The normalized spacial score (nSPS) is 13.0. The maximum Gasteiger partial charge on any atom is 0.339 e. The molecule has 0 saturated carbocycles. The fraction of sp³-hybridized carbons (Fsp3) is 0.286. The number of likely N-dealkylation sites (tertiary alicyclic amines) is 1. The SMILES string of the molecule is O=C(COC(=O)c1ccccc1SCC(=O)N1CCCC1)Nc1ccc([N+](=O)[O-])cc1. The lowest BCUT2D eigenvalue weighted by atomic mass is 10.2. The fourth-order valence-corrected chi connectivity index (χ4v) is 3.97. The molecule has 1 aliphatic heterocycles. The molecule has 1 heterocycles. The van der Waals surface area contributed by atoms with Gasteiger partial charge < -0.3 is 15.0 Å². The maximum atomic E-state index is 12.5. The molecule has 10 heteroatoms. The smallest absolute Gasteiger partial charge is 0.339 e. The van der Waals surface area contributed by atoms with E-state index in [2.05, 4.69) is 5.32 Å². The number of hydrogen-bond donors (Lipinski definition) is 1. The first-order valence-corrected chi connectivity index (χ1v) is 10.6. The average molecular weight is 443 g/mol. The number of carbonyl (C=O) groups is 3. The summed E-state index contributed by atoms with van der Waals surface area (Å²) in [5, 5.41) is 13.2. The van der Waals surface area contributed by atoms with Gasteiger partial charge in [0.2, 0.25) is 5.91 Å². The van der Waals surface area contributed by atoms with E-state index in [0.717, 1.165) is 25.9 Å². The molecule has 2 aromatic rings. The van der Waals surface area contributed by atoms with Crippen molar-refractivity contribution in [3.8, 4) is 0 Å². The molecule has 3 rings (SSSR count). The van der Waals surface area contributed by atoms with Crippen LogP contribution in [0, 0.1) is 10.1 Å². The van der Waals surface area contributed by atoms with E-state index in [4.69, 9.17) is 4.74 Å². The van der Waals surface area contributed by atoms with Gasteiger partial charge in [0.15, 0.2) is 6.61 Å². The summed E-state index contributed by atoms with van der Waals surface area (Å²) in [4.78, 5) is 49.3. The van der Waals surface area contributed by atoms with Crippen molar-refractivity contribution < 1.29 is 24.0 Å². The van der Waals surface area contributed by atoms with Crippen LogP contribution in [0.4, 0.5) is 11.4 Å². The number of esters is 1. The fourth-order valence-electron chi connectivity index (χ4n) is 3.03. The first-order valence-electron chi connectivity index (χ1n) is 9.65. The van der Waals surface area contributed by atoms with E-state index < -0.39 is 23.4 Å². The summed E-state index contributed by atoms with van der Waals surface area (Å²) < 4.78 is 5.10. The number of anilines is 1. The van der Waals surface area contributed by atoms with Crippen LogP contribution in [-0.2, 0) is 14.3 Å². The van der Waals surface area contributed by atoms with Gasteiger partial charge in [-0.1, -0.05) is 12.1 Å². The third-order valence-electron chi connectivity index (χ3n) is 4.61. The molecule has 31 heavy (non-hydrogen) atoms. The van der Waals surface area contributed by atoms with Crippen LogP contribution in [0.25, 0.3) is 0 Å². The third kappa shape index (κ3) is 6.29. The Balaban J connectivity index is 1.52. The number of thioether (sulfide) groups is 1. The van der Waals surface area contributed by atoms with Crippen molar-refractivity contribution in [1.82, 2.24) is 4.90 Å². The standard InChI is InChI=1S/C21H21N3O6S/c25-19(22-15-7-9-16(10-8-15)24(28)29)13-30-21(27)17-5-1-2-6-18(17)31-14-20(26)23-11-3-4-12-23/h1-2,5-10H,3-4,11-14H2,(H,22,25). The Bertz CT molecular complexity index is 973. The van der Waals surface area contributed by atoms with E-state index in [9.17, 15) is 24.5 Å². The van der Waals surface area contributed by atoms with Crippen molar-refractivity contribution in [2.24, 2.45) is 0 Å². The summed E-state index contributed by atoms with van der Waals surface area (Å²) in [5.74, 6) is -0.981. The molecule has 0 aliphatic carbocycles. The minimum absolute atomic E-state index is 0.0353. The number of ether oxygens (including phenoxy) is 1. The predicted molar refractivity (Wildman–Crippen MR) is 115 cm³/mol. The zero-order valence-corrected chi connectivity index (χ0v) is 17.4. The molecule has 0 aromatic heterocycles. The van der Waals surface area contributed by atoms with E-state index in [1.807, 2.05) is 4.90 Å². The second-order valence-corrected chi connectivity index (χ2v) is 7.82. The number of amides is 2. The molecule has 0 unspecified atom stereocenters. The quantitative estimate of drug-likeness (QED) is 0.288. The highest BCUT2D eigenvalue weighted by atomic mass is 32.2. The average Bonchev–Trinajstić information content (AvgIpc) is 3.31. The van der Waals surface area contributed by atoms with Crippen molar-refractivity contribution >= 4 is 40.9 Å². The van der Waals surface area contributed by atoms with Crippen LogP contribution >= 0.6 is 11.8 Å². The van der Waals surface area contributed by atoms with Crippen LogP contribution < -0.4 is 5.32 Å². The number of non-ortho nitro benzene ring substituents is 1. The molecule has 2 amide bonds. The Labute approximate surface area is 182 Å². The lowest BCUT2D eigenvalue weighted by molar-refractivity contribution is -0.384. The molecule has 1 fully saturated rings. The summed E-state index contributed by atoms with van der Waals surface area (Å²) in [7, 11) is 0. The van der Waals surface area contributed by atoms with Gasteiger partial charge in [0.25, 0.3) is 11.6 Å². The van der Waals surface area contributed by atoms with E-state index in [-0.39, 0.29) is 22.9 Å². The number of benzene rings is 2. The van der Waals surface area contributed by atoms with E-state index in [0.29, 0.717) is 10.6 Å². The first-order chi connectivity index (χ1) is 14.9. The van der Waals surface area contributed by atoms with E-state index in [1.165, 1.54) is 36.0 Å². The molecule has 1 saturated heterocycles. The van der Waals surface area contributed by atoms with Gasteiger partial charge in [-0.25, -0.2) is 4.79 Å². The summed E-state index contributed by atoms with van der Waals surface area (Å²) in [6.45, 7) is 1.03. The molecule has 0 spiro atoms. The van der Waals surface area contributed by atoms with E-state index in [1.54, 1.807) is 24.3 Å². The van der Waals surface area contributed by atoms with Crippen LogP contribution in [0.1, 0.15) is 23.2 Å². The van der Waals surface area contributed by atoms with Crippen molar-refractivity contribution in [3.05, 3.63) is 64.2 Å². The molecule has 2 aromatic carbocycles. The Morgan fingerprint density at radius 1 is 1.06 bits per heavy atom. The van der Waals surface area contributed by atoms with Gasteiger partial charge in [0.1, 0.15) is 0 Å². The predicted octanol–water partition coefficient (Wildman–Crippen LogP) is 3.10. The van der Waals surface area contributed by atoms with Gasteiger partial charge in [-0.05, 0) is 37.1 Å². The molecular weight excluding hydrogens is 422 g/mol. The molecule has 1 N–H and O–H groups in total. The third-order valence-corrected chi connectivity index (χ3v) is 5.67.